The topological polar surface area (TPSA) is 76.1 Å². The van der Waals surface area contributed by atoms with Crippen molar-refractivity contribution in [1.29, 1.82) is 0 Å². The number of nitrogens with zero attached hydrogens (tertiary/aromatic N) is 1. The molecule has 1 atom stereocenters. The zero-order valence-electron chi connectivity index (χ0n) is 22.0. The van der Waals surface area contributed by atoms with Crippen molar-refractivity contribution in [2.75, 3.05) is 26.9 Å². The molecule has 4 rings (SSSR count). The number of fused-ring (bicyclic) bond motifs is 1. The molecule has 0 bridgehead atoms. The Morgan fingerprint density at radius 3 is 2.73 bits per heavy atom. The van der Waals surface area contributed by atoms with E-state index in [4.69, 9.17) is 23.7 Å². The highest BCUT2D eigenvalue weighted by atomic mass is 32.1. The predicted octanol–water partition coefficient (Wildman–Crippen LogP) is 6.44. The van der Waals surface area contributed by atoms with Crippen LogP contribution in [0.1, 0.15) is 57.1 Å². The fourth-order valence-corrected chi connectivity index (χ4v) is 5.17. The number of rotatable bonds is 13. The molecule has 1 aliphatic rings. The first-order valence-corrected chi connectivity index (χ1v) is 13.7. The molecule has 0 saturated carbocycles. The van der Waals surface area contributed by atoms with Gasteiger partial charge in [0.1, 0.15) is 10.8 Å². The molecule has 0 spiro atoms. The van der Waals surface area contributed by atoms with Gasteiger partial charge >= 0.3 is 5.97 Å². The number of hydrogen-bond donors (Lipinski definition) is 0. The average Bonchev–Trinajstić information content (AvgIpc) is 3.50. The van der Waals surface area contributed by atoms with Crippen LogP contribution in [0.25, 0.3) is 10.6 Å². The molecule has 1 aromatic heterocycles. The van der Waals surface area contributed by atoms with E-state index in [9.17, 15) is 4.79 Å². The molecular formula is C29H35NO6S. The van der Waals surface area contributed by atoms with Crippen LogP contribution in [0.4, 0.5) is 0 Å². The first kappa shape index (κ1) is 26.8. The number of aromatic nitrogens is 1. The van der Waals surface area contributed by atoms with Crippen molar-refractivity contribution in [2.24, 2.45) is 0 Å². The molecule has 0 radical (unpaired) electrons. The second kappa shape index (κ2) is 12.8. The van der Waals surface area contributed by atoms with Gasteiger partial charge in [-0.15, -0.1) is 11.3 Å². The van der Waals surface area contributed by atoms with Crippen LogP contribution in [0, 0.1) is 0 Å². The van der Waals surface area contributed by atoms with Crippen LogP contribution in [0.2, 0.25) is 0 Å². The van der Waals surface area contributed by atoms with Crippen LogP contribution in [0.5, 0.6) is 23.1 Å². The van der Waals surface area contributed by atoms with E-state index in [2.05, 4.69) is 17.1 Å². The molecular weight excluding hydrogens is 490 g/mol. The monoisotopic (exact) mass is 525 g/mol. The van der Waals surface area contributed by atoms with Crippen molar-refractivity contribution in [3.63, 3.8) is 0 Å². The Morgan fingerprint density at radius 2 is 1.95 bits per heavy atom. The van der Waals surface area contributed by atoms with Crippen LogP contribution >= 0.6 is 11.3 Å². The average molecular weight is 526 g/mol. The highest BCUT2D eigenvalue weighted by Crippen LogP contribution is 2.38. The minimum absolute atomic E-state index is 0.0853. The second-order valence-electron chi connectivity index (χ2n) is 9.18. The van der Waals surface area contributed by atoms with Gasteiger partial charge in [-0.1, -0.05) is 6.07 Å². The summed E-state index contributed by atoms with van der Waals surface area (Å²) in [7, 11) is 1.63. The molecule has 0 aliphatic heterocycles. The highest BCUT2D eigenvalue weighted by molar-refractivity contribution is 7.13. The number of esters is 1. The van der Waals surface area contributed by atoms with Crippen LogP contribution in [-0.4, -0.2) is 44.0 Å². The van der Waals surface area contributed by atoms with Crippen molar-refractivity contribution in [1.82, 2.24) is 4.98 Å². The van der Waals surface area contributed by atoms with E-state index in [0.29, 0.717) is 43.6 Å². The molecule has 0 N–H and O–H groups in total. The molecule has 0 saturated heterocycles. The third-order valence-corrected chi connectivity index (χ3v) is 6.97. The van der Waals surface area contributed by atoms with Crippen molar-refractivity contribution in [3.05, 3.63) is 52.9 Å². The van der Waals surface area contributed by atoms with Gasteiger partial charge in [0.2, 0.25) is 5.88 Å². The second-order valence-corrected chi connectivity index (χ2v) is 10.0. The molecule has 198 valence electrons. The van der Waals surface area contributed by atoms with Gasteiger partial charge in [0.05, 0.1) is 44.8 Å². The summed E-state index contributed by atoms with van der Waals surface area (Å²) >= 11 is 1.53. The maximum absolute atomic E-state index is 11.9. The Hall–Kier alpha value is -3.26. The Bertz CT molecular complexity index is 1190. The number of methoxy groups -OCH3 is 1. The lowest BCUT2D eigenvalue weighted by Gasteiger charge is -2.13. The molecule has 2 aromatic carbocycles. The summed E-state index contributed by atoms with van der Waals surface area (Å²) in [6.45, 7) is 7.28. The van der Waals surface area contributed by atoms with E-state index < -0.39 is 0 Å². The van der Waals surface area contributed by atoms with Crippen molar-refractivity contribution < 1.29 is 28.5 Å². The summed E-state index contributed by atoms with van der Waals surface area (Å²) in [5, 5.41) is 2.78. The van der Waals surface area contributed by atoms with E-state index in [-0.39, 0.29) is 18.0 Å². The Morgan fingerprint density at radius 1 is 1.11 bits per heavy atom. The molecule has 0 amide bonds. The van der Waals surface area contributed by atoms with Crippen molar-refractivity contribution >= 4 is 17.3 Å². The summed E-state index contributed by atoms with van der Waals surface area (Å²) in [6.07, 6.45) is 3.20. The van der Waals surface area contributed by atoms with Gasteiger partial charge in [0, 0.05) is 12.0 Å². The van der Waals surface area contributed by atoms with Gasteiger partial charge in [-0.05, 0) is 81.0 Å². The Labute approximate surface area is 222 Å². The van der Waals surface area contributed by atoms with Crippen LogP contribution in [-0.2, 0) is 16.0 Å². The van der Waals surface area contributed by atoms with E-state index in [1.54, 1.807) is 7.11 Å². The summed E-state index contributed by atoms with van der Waals surface area (Å²) in [4.78, 5) is 16.4. The largest absolute Gasteiger partial charge is 0.493 e. The van der Waals surface area contributed by atoms with Crippen LogP contribution < -0.4 is 18.9 Å². The number of thiazole rings is 1. The number of hydrogen-bond acceptors (Lipinski definition) is 8. The smallest absolute Gasteiger partial charge is 0.306 e. The molecule has 3 aromatic rings. The number of ether oxygens (including phenoxy) is 5. The lowest BCUT2D eigenvalue weighted by molar-refractivity contribution is -0.143. The molecule has 0 unspecified atom stereocenters. The number of carbonyl (C=O) groups is 1. The quantitative estimate of drug-likeness (QED) is 0.188. The van der Waals surface area contributed by atoms with E-state index >= 15 is 0 Å². The fraction of sp³-hybridized carbons (Fsp3) is 0.448. The highest BCUT2D eigenvalue weighted by Gasteiger charge is 2.25. The lowest BCUT2D eigenvalue weighted by atomic mass is 9.98. The van der Waals surface area contributed by atoms with Crippen molar-refractivity contribution in [2.45, 2.75) is 58.5 Å². The van der Waals surface area contributed by atoms with Gasteiger partial charge in [-0.25, -0.2) is 4.98 Å². The van der Waals surface area contributed by atoms with E-state index in [1.807, 2.05) is 50.4 Å². The van der Waals surface area contributed by atoms with E-state index in [0.717, 1.165) is 35.6 Å². The summed E-state index contributed by atoms with van der Waals surface area (Å²) in [5.41, 5.74) is 3.45. The fourth-order valence-electron chi connectivity index (χ4n) is 4.44. The minimum atomic E-state index is -0.125. The number of aryl methyl sites for hydroxylation is 1. The lowest BCUT2D eigenvalue weighted by Crippen LogP contribution is -2.08. The predicted molar refractivity (Wildman–Crippen MR) is 144 cm³/mol. The summed E-state index contributed by atoms with van der Waals surface area (Å²) in [6, 6.07) is 12.0. The minimum Gasteiger partial charge on any atom is -0.493 e. The van der Waals surface area contributed by atoms with Gasteiger partial charge in [-0.2, -0.15) is 0 Å². The molecule has 1 aliphatic carbocycles. The SMILES string of the molecule is CCOC(=O)C[C@@H]1CCc2cc(OCCCOc3ccc(-c4nc(OC(C)C)cs4)cc3OC)ccc21. The van der Waals surface area contributed by atoms with Gasteiger partial charge < -0.3 is 23.7 Å². The maximum Gasteiger partial charge on any atom is 0.306 e. The first-order valence-electron chi connectivity index (χ1n) is 12.8. The zero-order chi connectivity index (χ0) is 26.2. The van der Waals surface area contributed by atoms with Crippen LogP contribution in [0.3, 0.4) is 0 Å². The molecule has 8 heteroatoms. The Kier molecular flexibility index (Phi) is 9.28. The number of carbonyl (C=O) groups excluding carboxylic acids is 1. The maximum atomic E-state index is 11.9. The standard InChI is InChI=1S/C29H35NO6S/c1-5-33-28(31)17-21-8-7-20-15-23(10-11-24(20)21)34-13-6-14-35-25-12-9-22(16-26(25)32-4)29-30-27(18-37-29)36-19(2)3/h9-12,15-16,18-19,21H,5-8,13-14,17H2,1-4H3/t21-/m0/s1. The van der Waals surface area contributed by atoms with Gasteiger partial charge in [0.25, 0.3) is 0 Å². The molecule has 0 fully saturated rings. The third kappa shape index (κ3) is 7.16. The molecule has 1 heterocycles. The Balaban J connectivity index is 1.25. The van der Waals surface area contributed by atoms with Crippen molar-refractivity contribution in [3.8, 4) is 33.7 Å². The number of benzene rings is 2. The summed E-state index contributed by atoms with van der Waals surface area (Å²) < 4.78 is 28.3. The third-order valence-electron chi connectivity index (χ3n) is 6.10. The van der Waals surface area contributed by atoms with Crippen LogP contribution in [0.15, 0.2) is 41.8 Å². The van der Waals surface area contributed by atoms with Gasteiger partial charge in [-0.3, -0.25) is 4.79 Å². The normalized spacial score (nSPS) is 14.4. The summed E-state index contributed by atoms with van der Waals surface area (Å²) in [5.74, 6) is 2.95. The van der Waals surface area contributed by atoms with Gasteiger partial charge in [0.15, 0.2) is 11.5 Å². The zero-order valence-corrected chi connectivity index (χ0v) is 22.8. The molecule has 7 nitrogen and oxygen atoms in total. The first-order chi connectivity index (χ1) is 18.0. The van der Waals surface area contributed by atoms with E-state index in [1.165, 1.54) is 22.5 Å². The molecule has 37 heavy (non-hydrogen) atoms.